The number of fused-ring (bicyclic) bond motifs is 2. The third-order valence-corrected chi connectivity index (χ3v) is 7.04. The van der Waals surface area contributed by atoms with Crippen LogP contribution in [0.1, 0.15) is 32.1 Å². The van der Waals surface area contributed by atoms with Gasteiger partial charge in [0.25, 0.3) is 5.97 Å². The van der Waals surface area contributed by atoms with Gasteiger partial charge < -0.3 is 13.3 Å². The topological polar surface area (TPSA) is 27.7 Å². The third kappa shape index (κ3) is 4.88. The molecule has 0 saturated heterocycles. The lowest BCUT2D eigenvalue weighted by molar-refractivity contribution is -0.269. The molecule has 2 bridgehead atoms. The van der Waals surface area contributed by atoms with Gasteiger partial charge >= 0.3 is 0 Å². The summed E-state index contributed by atoms with van der Waals surface area (Å²) in [7, 11) is -2.83. The number of rotatable bonds is 8. The molecular weight excluding hydrogens is 324 g/mol. The van der Waals surface area contributed by atoms with Crippen molar-refractivity contribution >= 4 is 27.1 Å². The summed E-state index contributed by atoms with van der Waals surface area (Å²) < 4.78 is 18.9. The van der Waals surface area contributed by atoms with Crippen LogP contribution in [0.25, 0.3) is 0 Å². The van der Waals surface area contributed by atoms with Gasteiger partial charge in [0.1, 0.15) is 0 Å². The molecule has 1 saturated carbocycles. The molecule has 2 atom stereocenters. The first-order valence-electron chi connectivity index (χ1n) is 8.61. The highest BCUT2D eigenvalue weighted by Crippen LogP contribution is 2.52. The maximum Gasteiger partial charge on any atom is 0.253 e. The van der Waals surface area contributed by atoms with Crippen molar-refractivity contribution in [3.05, 3.63) is 12.2 Å². The highest BCUT2D eigenvalue weighted by molar-refractivity contribution is 6.71. The summed E-state index contributed by atoms with van der Waals surface area (Å²) in [5, 5.41) is 0. The fourth-order valence-electron chi connectivity index (χ4n) is 3.81. The highest BCUT2D eigenvalue weighted by atomic mass is 28.4. The minimum absolute atomic E-state index is 0.390. The second kappa shape index (κ2) is 6.29. The Morgan fingerprint density at radius 3 is 2.05 bits per heavy atom. The van der Waals surface area contributed by atoms with Gasteiger partial charge in [0.15, 0.2) is 27.1 Å². The molecule has 0 aromatic carbocycles. The van der Waals surface area contributed by atoms with E-state index in [0.717, 1.165) is 18.8 Å². The highest BCUT2D eigenvalue weighted by Gasteiger charge is 2.46. The van der Waals surface area contributed by atoms with Crippen LogP contribution in [0.4, 0.5) is 0 Å². The molecule has 2 aliphatic rings. The summed E-state index contributed by atoms with van der Waals surface area (Å²) in [5.41, 5.74) is 0.390. The molecule has 0 aromatic rings. The van der Waals surface area contributed by atoms with Crippen LogP contribution in [0.3, 0.4) is 0 Å². The molecule has 22 heavy (non-hydrogen) atoms. The monoisotopic (exact) mass is 358 g/mol. The van der Waals surface area contributed by atoms with E-state index in [1.54, 1.807) is 0 Å². The SMILES string of the molecule is C[Si](C)(C)OC(CCC12C=CC(CC1)C2)(O[SiH3])O[Si](C)(C)C. The van der Waals surface area contributed by atoms with Crippen LogP contribution in [0, 0.1) is 11.3 Å². The lowest BCUT2D eigenvalue weighted by Crippen LogP contribution is -2.52. The Hall–Kier alpha value is 0.271. The Morgan fingerprint density at radius 1 is 1.14 bits per heavy atom. The Balaban J connectivity index is 2.11. The lowest BCUT2D eigenvalue weighted by Gasteiger charge is -2.43. The summed E-state index contributed by atoms with van der Waals surface area (Å²) in [6, 6.07) is 0. The van der Waals surface area contributed by atoms with E-state index in [-0.39, 0.29) is 0 Å². The van der Waals surface area contributed by atoms with E-state index in [0.29, 0.717) is 15.9 Å². The Labute approximate surface area is 141 Å². The van der Waals surface area contributed by atoms with E-state index in [9.17, 15) is 0 Å². The smallest absolute Gasteiger partial charge is 0.253 e. The van der Waals surface area contributed by atoms with Gasteiger partial charge in [-0.2, -0.15) is 0 Å². The standard InChI is InChI=1S/C16H34O3Si3/c1-21(2,3)18-16(17-20,19-22(4,5)6)12-11-15-9-7-14(13-15)8-10-15/h7,9,14H,8,10-13H2,1-6,20H3. The average molecular weight is 359 g/mol. The number of hydrogen-bond donors (Lipinski definition) is 0. The fraction of sp³-hybridized carbons (Fsp3) is 0.875. The van der Waals surface area contributed by atoms with Crippen LogP contribution in [-0.4, -0.2) is 33.1 Å². The zero-order valence-electron chi connectivity index (χ0n) is 15.5. The van der Waals surface area contributed by atoms with Crippen LogP contribution in [-0.2, 0) is 13.3 Å². The van der Waals surface area contributed by atoms with E-state index >= 15 is 0 Å². The molecule has 6 heteroatoms. The first kappa shape index (κ1) is 18.6. The van der Waals surface area contributed by atoms with Gasteiger partial charge in [-0.3, -0.25) is 0 Å². The van der Waals surface area contributed by atoms with Crippen molar-refractivity contribution in [1.29, 1.82) is 0 Å². The second-order valence-corrected chi connectivity index (χ2v) is 18.3. The van der Waals surface area contributed by atoms with Gasteiger partial charge in [-0.05, 0) is 76.3 Å². The van der Waals surface area contributed by atoms with E-state index in [4.69, 9.17) is 13.3 Å². The van der Waals surface area contributed by atoms with Gasteiger partial charge in [-0.15, -0.1) is 0 Å². The largest absolute Gasteiger partial charge is 0.382 e. The van der Waals surface area contributed by atoms with Gasteiger partial charge in [-0.25, -0.2) is 0 Å². The van der Waals surface area contributed by atoms with Crippen LogP contribution >= 0.6 is 0 Å². The van der Waals surface area contributed by atoms with Crippen molar-refractivity contribution in [2.45, 2.75) is 77.4 Å². The minimum atomic E-state index is -1.74. The van der Waals surface area contributed by atoms with Crippen molar-refractivity contribution in [3.63, 3.8) is 0 Å². The minimum Gasteiger partial charge on any atom is -0.382 e. The quantitative estimate of drug-likeness (QED) is 0.375. The van der Waals surface area contributed by atoms with Crippen molar-refractivity contribution in [2.75, 3.05) is 0 Å². The summed E-state index contributed by atoms with van der Waals surface area (Å²) in [6.07, 6.45) is 10.9. The lowest BCUT2D eigenvalue weighted by atomic mass is 9.82. The number of allylic oxidation sites excluding steroid dienone is 2. The van der Waals surface area contributed by atoms with Crippen molar-refractivity contribution in [3.8, 4) is 0 Å². The third-order valence-electron chi connectivity index (χ3n) is 4.57. The summed E-state index contributed by atoms with van der Waals surface area (Å²) in [4.78, 5) is 0. The summed E-state index contributed by atoms with van der Waals surface area (Å²) in [5.74, 6) is 0.0342. The molecule has 0 aliphatic heterocycles. The summed E-state index contributed by atoms with van der Waals surface area (Å²) in [6.45, 7) is 13.3. The Kier molecular flexibility index (Phi) is 5.32. The summed E-state index contributed by atoms with van der Waals surface area (Å²) >= 11 is 0. The first-order chi connectivity index (χ1) is 9.97. The molecule has 2 rings (SSSR count). The molecule has 0 aromatic heterocycles. The van der Waals surface area contributed by atoms with Gasteiger partial charge in [0.2, 0.25) is 0 Å². The van der Waals surface area contributed by atoms with Crippen LogP contribution in [0.5, 0.6) is 0 Å². The van der Waals surface area contributed by atoms with E-state index in [2.05, 4.69) is 51.4 Å². The van der Waals surface area contributed by atoms with Crippen LogP contribution in [0.15, 0.2) is 12.2 Å². The maximum absolute atomic E-state index is 6.45. The maximum atomic E-state index is 6.45. The van der Waals surface area contributed by atoms with E-state index < -0.39 is 22.6 Å². The molecule has 128 valence electrons. The van der Waals surface area contributed by atoms with Crippen molar-refractivity contribution < 1.29 is 13.3 Å². The molecule has 3 nitrogen and oxygen atoms in total. The zero-order valence-corrected chi connectivity index (χ0v) is 19.5. The molecule has 0 N–H and O–H groups in total. The second-order valence-electron chi connectivity index (χ2n) is 9.04. The molecule has 1 fully saturated rings. The average Bonchev–Trinajstić information content (AvgIpc) is 2.93. The fourth-order valence-corrected chi connectivity index (χ4v) is 6.92. The molecule has 0 amide bonds. The van der Waals surface area contributed by atoms with Crippen molar-refractivity contribution in [1.82, 2.24) is 0 Å². The molecule has 0 heterocycles. The Bertz CT molecular complexity index is 409. The van der Waals surface area contributed by atoms with Gasteiger partial charge in [0.05, 0.1) is 0 Å². The van der Waals surface area contributed by atoms with Gasteiger partial charge in [0, 0.05) is 6.42 Å². The number of hydrogen-bond acceptors (Lipinski definition) is 3. The zero-order chi connectivity index (χ0) is 16.6. The van der Waals surface area contributed by atoms with Gasteiger partial charge in [-0.1, -0.05) is 12.2 Å². The van der Waals surface area contributed by atoms with E-state index in [1.807, 2.05) is 0 Å². The van der Waals surface area contributed by atoms with Crippen molar-refractivity contribution in [2.24, 2.45) is 11.3 Å². The predicted molar refractivity (Wildman–Crippen MR) is 101 cm³/mol. The molecule has 2 unspecified atom stereocenters. The van der Waals surface area contributed by atoms with E-state index in [1.165, 1.54) is 19.3 Å². The predicted octanol–water partition coefficient (Wildman–Crippen LogP) is 3.78. The Morgan fingerprint density at radius 2 is 1.73 bits per heavy atom. The molecule has 0 spiro atoms. The van der Waals surface area contributed by atoms with Crippen LogP contribution in [0.2, 0.25) is 39.3 Å². The molecule has 2 aliphatic carbocycles. The normalized spacial score (nSPS) is 28.7. The molecular formula is C16H34O3Si3. The molecule has 0 radical (unpaired) electrons. The van der Waals surface area contributed by atoms with Crippen LogP contribution < -0.4 is 0 Å². The first-order valence-corrected chi connectivity index (χ1v) is 16.2.